The van der Waals surface area contributed by atoms with Crippen LogP contribution in [0, 0.1) is 0 Å². The van der Waals surface area contributed by atoms with Gasteiger partial charge in [0.05, 0.1) is 0 Å². The first-order valence-electron chi connectivity index (χ1n) is 3.40. The van der Waals surface area contributed by atoms with Gasteiger partial charge < -0.3 is 21.7 Å². The summed E-state index contributed by atoms with van der Waals surface area (Å²) in [5, 5.41) is 8.34. The van der Waals surface area contributed by atoms with Crippen molar-refractivity contribution in [1.29, 1.82) is 0 Å². The molecular weight excluding hydrogens is 208 g/mol. The van der Waals surface area contributed by atoms with Crippen LogP contribution in [0.2, 0.25) is 0 Å². The lowest BCUT2D eigenvalue weighted by Gasteiger charge is -1.95. The van der Waals surface area contributed by atoms with Crippen molar-refractivity contribution in [2.75, 3.05) is 14.1 Å². The minimum atomic E-state index is -0.229. The van der Waals surface area contributed by atoms with Crippen molar-refractivity contribution in [3.8, 4) is 0 Å². The molecule has 0 radical (unpaired) electrons. The molecule has 0 spiro atoms. The Kier molecular flexibility index (Phi) is 10.2. The van der Waals surface area contributed by atoms with E-state index >= 15 is 0 Å². The number of carbonyl (C=O) groups is 1. The van der Waals surface area contributed by atoms with Crippen LogP contribution in [0.4, 0.5) is 0 Å². The quantitative estimate of drug-likeness (QED) is 0.397. The molecule has 0 aromatic carbocycles. The van der Waals surface area contributed by atoms with E-state index in [9.17, 15) is 4.79 Å². The Bertz CT molecular complexity index is 177. The molecule has 0 fully saturated rings. The van der Waals surface area contributed by atoms with E-state index in [1.165, 1.54) is 6.92 Å². The largest absolute Gasteiger partial charge is 0.376 e. The molecule has 76 valence electrons. The van der Waals surface area contributed by atoms with Gasteiger partial charge in [-0.15, -0.1) is 0 Å². The molecule has 5 N–H and O–H groups in total. The molecule has 0 unspecified atom stereocenters. The summed E-state index contributed by atoms with van der Waals surface area (Å²) in [4.78, 5) is 9.98. The third kappa shape index (κ3) is 18.2. The second-order valence-corrected chi connectivity index (χ2v) is 2.72. The molecule has 0 aliphatic rings. The number of amides is 1. The first kappa shape index (κ1) is 14.6. The van der Waals surface area contributed by atoms with Gasteiger partial charge in [-0.3, -0.25) is 4.79 Å². The second kappa shape index (κ2) is 9.14. The van der Waals surface area contributed by atoms with Gasteiger partial charge in [-0.05, 0) is 24.4 Å². The number of hydrogen-bond acceptors (Lipinski definition) is 3. The fourth-order valence-corrected chi connectivity index (χ4v) is 0.442. The predicted molar refractivity (Wildman–Crippen MR) is 61.3 cm³/mol. The van der Waals surface area contributed by atoms with Crippen molar-refractivity contribution in [2.24, 2.45) is 5.73 Å². The minimum absolute atomic E-state index is 0.0208. The van der Waals surface area contributed by atoms with E-state index in [1.807, 2.05) is 0 Å². The Balaban J connectivity index is 0. The first-order chi connectivity index (χ1) is 5.93. The third-order valence-electron chi connectivity index (χ3n) is 0.753. The summed E-state index contributed by atoms with van der Waals surface area (Å²) in [6.45, 7) is 1.35. The Morgan fingerprint density at radius 2 is 1.62 bits per heavy atom. The van der Waals surface area contributed by atoms with Gasteiger partial charge >= 0.3 is 0 Å². The third-order valence-corrected chi connectivity index (χ3v) is 1.26. The van der Waals surface area contributed by atoms with Crippen molar-refractivity contribution < 1.29 is 4.79 Å². The van der Waals surface area contributed by atoms with Gasteiger partial charge in [-0.2, -0.15) is 0 Å². The van der Waals surface area contributed by atoms with Gasteiger partial charge in [-0.25, -0.2) is 0 Å². The average Bonchev–Trinajstić information content (AvgIpc) is 2.01. The lowest BCUT2D eigenvalue weighted by atomic mass is 10.7. The average molecular weight is 222 g/mol. The summed E-state index contributed by atoms with van der Waals surface area (Å²) in [6, 6.07) is 0. The Labute approximate surface area is 88.4 Å². The van der Waals surface area contributed by atoms with E-state index in [-0.39, 0.29) is 11.0 Å². The van der Waals surface area contributed by atoms with E-state index < -0.39 is 0 Å². The number of rotatable bonds is 0. The molecule has 0 rings (SSSR count). The Hall–Kier alpha value is -0.950. The summed E-state index contributed by atoms with van der Waals surface area (Å²) in [5.74, 6) is -0.229. The minimum Gasteiger partial charge on any atom is -0.376 e. The highest BCUT2D eigenvalue weighted by Crippen LogP contribution is 1.57. The van der Waals surface area contributed by atoms with Crippen LogP contribution in [-0.4, -0.2) is 30.2 Å². The van der Waals surface area contributed by atoms with Crippen LogP contribution < -0.4 is 21.7 Å². The van der Waals surface area contributed by atoms with Crippen molar-refractivity contribution >= 4 is 40.6 Å². The topological polar surface area (TPSA) is 79.2 Å². The van der Waals surface area contributed by atoms with Crippen LogP contribution in [0.3, 0.4) is 0 Å². The zero-order valence-electron chi connectivity index (χ0n) is 7.80. The molecule has 0 saturated heterocycles. The van der Waals surface area contributed by atoms with Crippen LogP contribution in [-0.2, 0) is 4.79 Å². The van der Waals surface area contributed by atoms with E-state index in [0.29, 0.717) is 5.11 Å². The van der Waals surface area contributed by atoms with E-state index in [1.54, 1.807) is 14.1 Å². The number of nitrogens with two attached hydrogens (primary N) is 1. The molecule has 0 bridgehead atoms. The first-order valence-corrected chi connectivity index (χ1v) is 4.22. The molecule has 7 heteroatoms. The van der Waals surface area contributed by atoms with Crippen molar-refractivity contribution in [2.45, 2.75) is 6.92 Å². The number of hydrogen-bond donors (Lipinski definition) is 4. The Morgan fingerprint density at radius 3 is 1.62 bits per heavy atom. The lowest BCUT2D eigenvalue weighted by molar-refractivity contribution is -0.117. The van der Waals surface area contributed by atoms with Crippen molar-refractivity contribution in [3.63, 3.8) is 0 Å². The standard InChI is InChI=1S/C3H6N2OS.C3H8N2S/c1-2(6)5-3(4)7;1-4-3(6)5-2/h1H3,(H3,4,5,6,7);1-2H3,(H2,4,5,6). The summed E-state index contributed by atoms with van der Waals surface area (Å²) in [7, 11) is 3.55. The van der Waals surface area contributed by atoms with E-state index in [2.05, 4.69) is 40.4 Å². The molecule has 0 atom stereocenters. The van der Waals surface area contributed by atoms with Gasteiger partial charge in [0.2, 0.25) is 5.91 Å². The molecule has 0 aliphatic carbocycles. The predicted octanol–water partition coefficient (Wildman–Crippen LogP) is -0.924. The maximum Gasteiger partial charge on any atom is 0.222 e. The molecule has 13 heavy (non-hydrogen) atoms. The van der Waals surface area contributed by atoms with Crippen LogP contribution in [0.1, 0.15) is 6.92 Å². The maximum atomic E-state index is 9.98. The van der Waals surface area contributed by atoms with Crippen LogP contribution in [0.5, 0.6) is 0 Å². The van der Waals surface area contributed by atoms with Gasteiger partial charge in [-0.1, -0.05) is 0 Å². The zero-order valence-corrected chi connectivity index (χ0v) is 9.44. The fourth-order valence-electron chi connectivity index (χ4n) is 0.298. The molecule has 0 heterocycles. The number of nitrogens with one attached hydrogen (secondary N) is 3. The van der Waals surface area contributed by atoms with Gasteiger partial charge in [0.15, 0.2) is 10.2 Å². The normalized spacial score (nSPS) is 7.31. The Morgan fingerprint density at radius 1 is 1.23 bits per heavy atom. The summed E-state index contributed by atoms with van der Waals surface area (Å²) >= 11 is 8.95. The smallest absolute Gasteiger partial charge is 0.222 e. The van der Waals surface area contributed by atoms with Crippen LogP contribution in [0.25, 0.3) is 0 Å². The number of thiocarbonyl (C=S) groups is 2. The van der Waals surface area contributed by atoms with Crippen molar-refractivity contribution in [1.82, 2.24) is 16.0 Å². The molecule has 0 saturated carbocycles. The molecule has 5 nitrogen and oxygen atoms in total. The summed E-state index contributed by atoms with van der Waals surface area (Å²) in [6.07, 6.45) is 0. The highest BCUT2D eigenvalue weighted by Gasteiger charge is 1.87. The fraction of sp³-hybridized carbons (Fsp3) is 0.500. The second-order valence-electron chi connectivity index (χ2n) is 1.87. The molecule has 1 amide bonds. The van der Waals surface area contributed by atoms with E-state index in [4.69, 9.17) is 5.73 Å². The molecular formula is C6H14N4OS2. The molecule has 0 aliphatic heterocycles. The summed E-state index contributed by atoms with van der Waals surface area (Å²) in [5.41, 5.74) is 4.89. The van der Waals surface area contributed by atoms with Crippen LogP contribution >= 0.6 is 24.4 Å². The van der Waals surface area contributed by atoms with Crippen LogP contribution in [0.15, 0.2) is 0 Å². The zero-order chi connectivity index (χ0) is 10.9. The molecule has 0 aromatic heterocycles. The maximum absolute atomic E-state index is 9.98. The van der Waals surface area contributed by atoms with Gasteiger partial charge in [0.25, 0.3) is 0 Å². The van der Waals surface area contributed by atoms with Gasteiger partial charge in [0.1, 0.15) is 0 Å². The van der Waals surface area contributed by atoms with E-state index in [0.717, 1.165) is 0 Å². The molecule has 0 aromatic rings. The SMILES string of the molecule is CC(=O)NC(N)=S.CNC(=S)NC. The monoisotopic (exact) mass is 222 g/mol. The van der Waals surface area contributed by atoms with Crippen molar-refractivity contribution in [3.05, 3.63) is 0 Å². The highest BCUT2D eigenvalue weighted by molar-refractivity contribution is 7.80. The summed E-state index contributed by atoms with van der Waals surface area (Å²) < 4.78 is 0. The van der Waals surface area contributed by atoms with Gasteiger partial charge in [0, 0.05) is 21.0 Å². The number of carbonyl (C=O) groups excluding carboxylic acids is 1. The highest BCUT2D eigenvalue weighted by atomic mass is 32.1. The lowest BCUT2D eigenvalue weighted by Crippen LogP contribution is -2.32.